The van der Waals surface area contributed by atoms with E-state index in [1.807, 2.05) is 30.3 Å². The Labute approximate surface area is 119 Å². The summed E-state index contributed by atoms with van der Waals surface area (Å²) in [6.45, 7) is 3.07. The highest BCUT2D eigenvalue weighted by Gasteiger charge is 2.12. The van der Waals surface area contributed by atoms with E-state index in [0.29, 0.717) is 6.04 Å². The number of anilines is 1. The van der Waals surface area contributed by atoms with Gasteiger partial charge >= 0.3 is 0 Å². The number of nitrogens with two attached hydrogens (primary N) is 1. The third-order valence-corrected chi connectivity index (χ3v) is 3.65. The first-order valence-corrected chi connectivity index (χ1v) is 6.74. The predicted molar refractivity (Wildman–Crippen MR) is 82.2 cm³/mol. The molecule has 0 aliphatic heterocycles. The molecule has 0 heterocycles. The van der Waals surface area contributed by atoms with E-state index in [9.17, 15) is 0 Å². The zero-order chi connectivity index (χ0) is 13.8. The summed E-state index contributed by atoms with van der Waals surface area (Å²) < 4.78 is 0. The summed E-state index contributed by atoms with van der Waals surface area (Å²) in [5.74, 6) is 0. The number of rotatable bonds is 4. The molecule has 19 heavy (non-hydrogen) atoms. The zero-order valence-electron chi connectivity index (χ0n) is 11.3. The van der Waals surface area contributed by atoms with Gasteiger partial charge in [-0.1, -0.05) is 35.9 Å². The summed E-state index contributed by atoms with van der Waals surface area (Å²) in [6, 6.07) is 16.3. The minimum absolute atomic E-state index is 0.319. The molecule has 0 bridgehead atoms. The maximum Gasteiger partial charge on any atom is 0.0406 e. The maximum atomic E-state index is 5.90. The first-order chi connectivity index (χ1) is 9.06. The van der Waals surface area contributed by atoms with Gasteiger partial charge in [0.15, 0.2) is 0 Å². The third-order valence-electron chi connectivity index (χ3n) is 3.40. The fraction of sp³-hybridized carbons (Fsp3) is 0.250. The van der Waals surface area contributed by atoms with E-state index >= 15 is 0 Å². The van der Waals surface area contributed by atoms with Crippen molar-refractivity contribution in [2.75, 3.05) is 12.8 Å². The molecule has 0 radical (unpaired) electrons. The standard InChI is InChI=1S/C16H19ClN2/c1-12(14-4-3-5-16(18)10-14)19(2)11-13-6-8-15(17)9-7-13/h3-10,12H,11,18H2,1-2H3. The Bertz CT molecular complexity index is 537. The van der Waals surface area contributed by atoms with E-state index in [1.54, 1.807) is 0 Å². The van der Waals surface area contributed by atoms with Crippen LogP contribution in [0.1, 0.15) is 24.1 Å². The molecule has 100 valence electrons. The van der Waals surface area contributed by atoms with Gasteiger partial charge in [-0.05, 0) is 49.4 Å². The monoisotopic (exact) mass is 274 g/mol. The van der Waals surface area contributed by atoms with Crippen LogP contribution in [0.25, 0.3) is 0 Å². The molecule has 0 aromatic heterocycles. The molecule has 2 rings (SSSR count). The minimum atomic E-state index is 0.319. The highest BCUT2D eigenvalue weighted by atomic mass is 35.5. The molecule has 2 aromatic carbocycles. The summed E-state index contributed by atoms with van der Waals surface area (Å²) in [5.41, 5.74) is 9.13. The average Bonchev–Trinajstić information content (AvgIpc) is 2.40. The van der Waals surface area contributed by atoms with E-state index in [4.69, 9.17) is 17.3 Å². The average molecular weight is 275 g/mol. The molecule has 1 atom stereocenters. The topological polar surface area (TPSA) is 29.3 Å². The molecule has 3 heteroatoms. The van der Waals surface area contributed by atoms with E-state index < -0.39 is 0 Å². The van der Waals surface area contributed by atoms with Crippen LogP contribution in [0, 0.1) is 0 Å². The zero-order valence-corrected chi connectivity index (χ0v) is 12.1. The summed E-state index contributed by atoms with van der Waals surface area (Å²) in [4.78, 5) is 2.29. The third kappa shape index (κ3) is 3.72. The van der Waals surface area contributed by atoms with E-state index in [0.717, 1.165) is 17.3 Å². The molecule has 2 nitrogen and oxygen atoms in total. The van der Waals surface area contributed by atoms with Gasteiger partial charge in [0.25, 0.3) is 0 Å². The van der Waals surface area contributed by atoms with Crippen LogP contribution < -0.4 is 5.73 Å². The molecule has 0 amide bonds. The molecule has 0 fully saturated rings. The number of nitrogens with zero attached hydrogens (tertiary/aromatic N) is 1. The number of benzene rings is 2. The maximum absolute atomic E-state index is 5.90. The lowest BCUT2D eigenvalue weighted by atomic mass is 10.1. The van der Waals surface area contributed by atoms with Crippen LogP contribution in [0.2, 0.25) is 5.02 Å². The van der Waals surface area contributed by atoms with Crippen LogP contribution in [0.4, 0.5) is 5.69 Å². The second kappa shape index (κ2) is 6.09. The molecule has 0 saturated heterocycles. The molecule has 0 saturated carbocycles. The van der Waals surface area contributed by atoms with Gasteiger partial charge in [0, 0.05) is 23.3 Å². The number of hydrogen-bond acceptors (Lipinski definition) is 2. The molecular formula is C16H19ClN2. The van der Waals surface area contributed by atoms with Gasteiger partial charge < -0.3 is 5.73 Å². The largest absolute Gasteiger partial charge is 0.399 e. The predicted octanol–water partition coefficient (Wildman–Crippen LogP) is 4.12. The van der Waals surface area contributed by atoms with Crippen molar-refractivity contribution in [2.45, 2.75) is 19.5 Å². The summed E-state index contributed by atoms with van der Waals surface area (Å²) in [6.07, 6.45) is 0. The van der Waals surface area contributed by atoms with Crippen molar-refractivity contribution >= 4 is 17.3 Å². The first kappa shape index (κ1) is 13.9. The Morgan fingerprint density at radius 2 is 1.84 bits per heavy atom. The molecule has 2 aromatic rings. The van der Waals surface area contributed by atoms with Gasteiger partial charge in [0.2, 0.25) is 0 Å². The normalized spacial score (nSPS) is 12.6. The minimum Gasteiger partial charge on any atom is -0.399 e. The van der Waals surface area contributed by atoms with Gasteiger partial charge in [-0.15, -0.1) is 0 Å². The number of halogens is 1. The lowest BCUT2D eigenvalue weighted by molar-refractivity contribution is 0.253. The molecule has 1 unspecified atom stereocenters. The fourth-order valence-electron chi connectivity index (χ4n) is 2.09. The van der Waals surface area contributed by atoms with Crippen molar-refractivity contribution in [1.82, 2.24) is 4.90 Å². The molecule has 0 aliphatic carbocycles. The number of hydrogen-bond donors (Lipinski definition) is 1. The van der Waals surface area contributed by atoms with Crippen molar-refractivity contribution in [1.29, 1.82) is 0 Å². The molecular weight excluding hydrogens is 256 g/mol. The molecule has 0 aliphatic rings. The summed E-state index contributed by atoms with van der Waals surface area (Å²) in [5, 5.41) is 0.773. The Kier molecular flexibility index (Phi) is 4.46. The highest BCUT2D eigenvalue weighted by Crippen LogP contribution is 2.22. The van der Waals surface area contributed by atoms with Gasteiger partial charge in [-0.25, -0.2) is 0 Å². The van der Waals surface area contributed by atoms with Crippen molar-refractivity contribution in [2.24, 2.45) is 0 Å². The first-order valence-electron chi connectivity index (χ1n) is 6.36. The SMILES string of the molecule is CC(c1cccc(N)c1)N(C)Cc1ccc(Cl)cc1. The Balaban J connectivity index is 2.07. The second-order valence-electron chi connectivity index (χ2n) is 4.89. The van der Waals surface area contributed by atoms with Crippen molar-refractivity contribution in [3.63, 3.8) is 0 Å². The Morgan fingerprint density at radius 3 is 2.47 bits per heavy atom. The summed E-state index contributed by atoms with van der Waals surface area (Å²) in [7, 11) is 2.11. The second-order valence-corrected chi connectivity index (χ2v) is 5.32. The van der Waals surface area contributed by atoms with Crippen LogP contribution in [0.15, 0.2) is 48.5 Å². The van der Waals surface area contributed by atoms with Gasteiger partial charge in [-0.3, -0.25) is 4.90 Å². The van der Waals surface area contributed by atoms with Crippen molar-refractivity contribution in [3.8, 4) is 0 Å². The lowest BCUT2D eigenvalue weighted by Crippen LogP contribution is -2.21. The van der Waals surface area contributed by atoms with Crippen LogP contribution in [-0.4, -0.2) is 11.9 Å². The fourth-order valence-corrected chi connectivity index (χ4v) is 2.21. The van der Waals surface area contributed by atoms with Crippen LogP contribution in [0.5, 0.6) is 0 Å². The van der Waals surface area contributed by atoms with E-state index in [1.165, 1.54) is 11.1 Å². The Hall–Kier alpha value is -1.51. The van der Waals surface area contributed by atoms with Crippen molar-refractivity contribution in [3.05, 3.63) is 64.7 Å². The van der Waals surface area contributed by atoms with Crippen molar-refractivity contribution < 1.29 is 0 Å². The lowest BCUT2D eigenvalue weighted by Gasteiger charge is -2.25. The van der Waals surface area contributed by atoms with E-state index in [-0.39, 0.29) is 0 Å². The quantitative estimate of drug-likeness (QED) is 0.850. The van der Waals surface area contributed by atoms with Crippen LogP contribution in [0.3, 0.4) is 0 Å². The van der Waals surface area contributed by atoms with E-state index in [2.05, 4.69) is 37.1 Å². The highest BCUT2D eigenvalue weighted by molar-refractivity contribution is 6.30. The van der Waals surface area contributed by atoms with Gasteiger partial charge in [0.05, 0.1) is 0 Å². The number of nitrogen functional groups attached to an aromatic ring is 1. The summed E-state index contributed by atoms with van der Waals surface area (Å²) >= 11 is 5.90. The Morgan fingerprint density at radius 1 is 1.16 bits per heavy atom. The molecule has 2 N–H and O–H groups in total. The van der Waals surface area contributed by atoms with Gasteiger partial charge in [-0.2, -0.15) is 0 Å². The van der Waals surface area contributed by atoms with Crippen LogP contribution in [-0.2, 0) is 6.54 Å². The molecule has 0 spiro atoms. The van der Waals surface area contributed by atoms with Crippen LogP contribution >= 0.6 is 11.6 Å². The smallest absolute Gasteiger partial charge is 0.0406 e. The van der Waals surface area contributed by atoms with Gasteiger partial charge in [0.1, 0.15) is 0 Å².